The normalized spacial score (nSPS) is 28.4. The fourth-order valence-electron chi connectivity index (χ4n) is 8.43. The van der Waals surface area contributed by atoms with Gasteiger partial charge in [0, 0.05) is 30.8 Å². The van der Waals surface area contributed by atoms with Crippen molar-refractivity contribution in [3.63, 3.8) is 0 Å². The van der Waals surface area contributed by atoms with Gasteiger partial charge in [-0.1, -0.05) is 66.2 Å². The summed E-state index contributed by atoms with van der Waals surface area (Å²) in [4.78, 5) is 0. The number of rotatable bonds is 15. The average Bonchev–Trinajstić information content (AvgIpc) is 3.01. The number of benzene rings is 1. The SMILES string of the molecule is C.CCC1CCCC(CNCc2cc(CNCC3CCCC(CC)C3)c(O)c(CNCC3CCCC(CN)C3)c2C)C1. The van der Waals surface area contributed by atoms with E-state index in [1.165, 1.54) is 101 Å². The van der Waals surface area contributed by atoms with Crippen molar-refractivity contribution < 1.29 is 5.11 Å². The van der Waals surface area contributed by atoms with Crippen molar-refractivity contribution in [1.29, 1.82) is 0 Å². The lowest BCUT2D eigenvalue weighted by molar-refractivity contribution is 0.253. The molecule has 6 atom stereocenters. The Balaban J connectivity index is 0.00000484. The molecule has 5 nitrogen and oxygen atoms in total. The Bertz CT molecular complexity index is 850. The first-order chi connectivity index (χ1) is 20.0. The third-order valence-corrected chi connectivity index (χ3v) is 11.3. The standard InChI is InChI=1S/C36H64N4O.CH4/c1-4-27-9-6-12-30(15-27)20-38-23-33-18-34(24-39-21-31-13-7-10-28(5-2)16-31)36(41)35(26(33)3)25-40-22-32-14-8-11-29(17-32)19-37;/h18,27-32,38-41H,4-17,19-25,37H2,1-3H3;1H4. The molecule has 3 aliphatic rings. The first-order valence-electron chi connectivity index (χ1n) is 17.7. The predicted octanol–water partition coefficient (Wildman–Crippen LogP) is 7.80. The van der Waals surface area contributed by atoms with Crippen LogP contribution in [0.25, 0.3) is 0 Å². The molecule has 4 rings (SSSR count). The summed E-state index contributed by atoms with van der Waals surface area (Å²) in [7, 11) is 0. The molecule has 0 radical (unpaired) electrons. The van der Waals surface area contributed by atoms with Crippen molar-refractivity contribution in [3.05, 3.63) is 28.3 Å². The number of nitrogens with two attached hydrogens (primary N) is 1. The molecule has 0 saturated heterocycles. The van der Waals surface area contributed by atoms with E-state index in [9.17, 15) is 5.11 Å². The second kappa shape index (κ2) is 18.6. The van der Waals surface area contributed by atoms with Crippen LogP contribution in [0, 0.1) is 42.4 Å². The van der Waals surface area contributed by atoms with Crippen LogP contribution >= 0.6 is 0 Å². The molecular weight excluding hydrogens is 516 g/mol. The summed E-state index contributed by atoms with van der Waals surface area (Å²) < 4.78 is 0. The number of hydrogen-bond acceptors (Lipinski definition) is 5. The Hall–Kier alpha value is -1.14. The van der Waals surface area contributed by atoms with Gasteiger partial charge >= 0.3 is 0 Å². The highest BCUT2D eigenvalue weighted by Crippen LogP contribution is 2.33. The first kappa shape index (κ1) is 35.3. The topological polar surface area (TPSA) is 82.3 Å². The molecular formula is C37H68N4O. The molecule has 1 aromatic carbocycles. The number of phenolic OH excluding ortho intramolecular Hbond substituents is 1. The summed E-state index contributed by atoms with van der Waals surface area (Å²) in [5.41, 5.74) is 10.8. The fourth-order valence-corrected chi connectivity index (χ4v) is 8.43. The van der Waals surface area contributed by atoms with Crippen LogP contribution in [0.2, 0.25) is 0 Å². The highest BCUT2D eigenvalue weighted by Gasteiger charge is 2.24. The van der Waals surface area contributed by atoms with Crippen LogP contribution in [-0.4, -0.2) is 31.3 Å². The first-order valence-corrected chi connectivity index (χ1v) is 17.7. The van der Waals surface area contributed by atoms with Gasteiger partial charge in [-0.05, 0) is 131 Å². The Morgan fingerprint density at radius 1 is 0.667 bits per heavy atom. The maximum Gasteiger partial charge on any atom is 0.124 e. The predicted molar refractivity (Wildman–Crippen MR) is 181 cm³/mol. The van der Waals surface area contributed by atoms with E-state index in [1.807, 2.05) is 0 Å². The Kier molecular flexibility index (Phi) is 15.7. The van der Waals surface area contributed by atoms with E-state index in [1.54, 1.807) is 0 Å². The lowest BCUT2D eigenvalue weighted by Crippen LogP contribution is -2.30. The third kappa shape index (κ3) is 10.5. The van der Waals surface area contributed by atoms with Gasteiger partial charge in [0.1, 0.15) is 5.75 Å². The van der Waals surface area contributed by atoms with Crippen LogP contribution in [0.5, 0.6) is 5.75 Å². The molecule has 0 heterocycles. The monoisotopic (exact) mass is 585 g/mol. The van der Waals surface area contributed by atoms with Crippen LogP contribution in [0.3, 0.4) is 0 Å². The lowest BCUT2D eigenvalue weighted by atomic mass is 9.80. The van der Waals surface area contributed by atoms with Crippen LogP contribution in [0.1, 0.15) is 133 Å². The molecule has 6 N–H and O–H groups in total. The van der Waals surface area contributed by atoms with Gasteiger partial charge in [0.25, 0.3) is 0 Å². The Morgan fingerprint density at radius 3 is 1.60 bits per heavy atom. The summed E-state index contributed by atoms with van der Waals surface area (Å²) in [6.45, 7) is 13.3. The van der Waals surface area contributed by atoms with E-state index in [2.05, 4.69) is 42.8 Å². The zero-order valence-electron chi connectivity index (χ0n) is 26.9. The molecule has 0 aliphatic heterocycles. The molecule has 0 aromatic heterocycles. The van der Waals surface area contributed by atoms with E-state index in [4.69, 9.17) is 5.73 Å². The van der Waals surface area contributed by atoms with Gasteiger partial charge in [0.15, 0.2) is 0 Å². The second-order valence-corrected chi connectivity index (χ2v) is 14.3. The lowest BCUT2D eigenvalue weighted by Gasteiger charge is -2.29. The van der Waals surface area contributed by atoms with Gasteiger partial charge in [-0.3, -0.25) is 0 Å². The van der Waals surface area contributed by atoms with Gasteiger partial charge in [-0.2, -0.15) is 0 Å². The van der Waals surface area contributed by atoms with Crippen molar-refractivity contribution in [2.75, 3.05) is 26.2 Å². The molecule has 1 aromatic rings. The number of aromatic hydroxyl groups is 1. The molecule has 0 spiro atoms. The summed E-state index contributed by atoms with van der Waals surface area (Å²) in [6, 6.07) is 2.28. The van der Waals surface area contributed by atoms with Crippen LogP contribution in [-0.2, 0) is 19.6 Å². The quantitative estimate of drug-likeness (QED) is 0.145. The van der Waals surface area contributed by atoms with Crippen LogP contribution in [0.4, 0.5) is 0 Å². The maximum absolute atomic E-state index is 11.5. The van der Waals surface area contributed by atoms with Crippen molar-refractivity contribution in [1.82, 2.24) is 16.0 Å². The largest absolute Gasteiger partial charge is 0.507 e. The number of hydrogen-bond donors (Lipinski definition) is 5. The molecule has 0 bridgehead atoms. The van der Waals surface area contributed by atoms with Crippen molar-refractivity contribution in [3.8, 4) is 5.75 Å². The van der Waals surface area contributed by atoms with Crippen molar-refractivity contribution in [2.45, 2.75) is 138 Å². The minimum atomic E-state index is 0. The van der Waals surface area contributed by atoms with E-state index in [0.29, 0.717) is 17.6 Å². The van der Waals surface area contributed by atoms with Crippen LogP contribution in [0.15, 0.2) is 6.07 Å². The number of phenols is 1. The molecule has 242 valence electrons. The molecule has 3 aliphatic carbocycles. The highest BCUT2D eigenvalue weighted by atomic mass is 16.3. The van der Waals surface area contributed by atoms with Gasteiger partial charge in [0.05, 0.1) is 0 Å². The van der Waals surface area contributed by atoms with Gasteiger partial charge in [-0.25, -0.2) is 0 Å². The zero-order valence-corrected chi connectivity index (χ0v) is 26.9. The Morgan fingerprint density at radius 2 is 1.10 bits per heavy atom. The molecule has 3 fully saturated rings. The smallest absolute Gasteiger partial charge is 0.124 e. The molecule has 0 amide bonds. The number of nitrogens with one attached hydrogen (secondary N) is 3. The zero-order chi connectivity index (χ0) is 29.0. The highest BCUT2D eigenvalue weighted by molar-refractivity contribution is 5.49. The minimum Gasteiger partial charge on any atom is -0.507 e. The van der Waals surface area contributed by atoms with Crippen molar-refractivity contribution >= 4 is 0 Å². The van der Waals surface area contributed by atoms with Crippen molar-refractivity contribution in [2.24, 2.45) is 41.2 Å². The molecule has 42 heavy (non-hydrogen) atoms. The molecule has 6 unspecified atom stereocenters. The summed E-state index contributed by atoms with van der Waals surface area (Å²) in [5.74, 6) is 5.30. The summed E-state index contributed by atoms with van der Waals surface area (Å²) in [6.07, 6.45) is 18.8. The fraction of sp³-hybridized carbons (Fsp3) is 0.838. The van der Waals surface area contributed by atoms with Gasteiger partial charge < -0.3 is 26.8 Å². The maximum atomic E-state index is 11.5. The third-order valence-electron chi connectivity index (χ3n) is 11.3. The average molecular weight is 585 g/mol. The Labute approximate surface area is 260 Å². The summed E-state index contributed by atoms with van der Waals surface area (Å²) >= 11 is 0. The van der Waals surface area contributed by atoms with E-state index in [-0.39, 0.29) is 7.43 Å². The molecule has 3 saturated carbocycles. The van der Waals surface area contributed by atoms with E-state index >= 15 is 0 Å². The van der Waals surface area contributed by atoms with E-state index in [0.717, 1.165) is 80.6 Å². The van der Waals surface area contributed by atoms with Gasteiger partial charge in [-0.15, -0.1) is 0 Å². The van der Waals surface area contributed by atoms with Crippen LogP contribution < -0.4 is 21.7 Å². The second-order valence-electron chi connectivity index (χ2n) is 14.3. The minimum absolute atomic E-state index is 0. The molecule has 5 heteroatoms. The van der Waals surface area contributed by atoms with E-state index < -0.39 is 0 Å². The van der Waals surface area contributed by atoms with Gasteiger partial charge in [0.2, 0.25) is 0 Å². The summed E-state index contributed by atoms with van der Waals surface area (Å²) in [5, 5.41) is 22.8.